The molecule has 1 saturated heterocycles. The Bertz CT molecular complexity index is 490. The summed E-state index contributed by atoms with van der Waals surface area (Å²) >= 11 is 0. The molecule has 2 atom stereocenters. The van der Waals surface area contributed by atoms with E-state index in [2.05, 4.69) is 22.5 Å². The van der Waals surface area contributed by atoms with Crippen LogP contribution in [0.1, 0.15) is 19.8 Å². The number of piperidine rings is 1. The zero-order valence-electron chi connectivity index (χ0n) is 12.6. The summed E-state index contributed by atoms with van der Waals surface area (Å²) in [5.74, 6) is -0.234. The largest absolute Gasteiger partial charge is 0.370 e. The van der Waals surface area contributed by atoms with E-state index in [1.165, 1.54) is 0 Å². The van der Waals surface area contributed by atoms with Crippen molar-refractivity contribution in [2.45, 2.75) is 25.8 Å². The summed E-state index contributed by atoms with van der Waals surface area (Å²) in [7, 11) is 2.01. The van der Waals surface area contributed by atoms with E-state index >= 15 is 0 Å². The fourth-order valence-corrected chi connectivity index (χ4v) is 2.45. The van der Waals surface area contributed by atoms with Crippen molar-refractivity contribution >= 4 is 17.5 Å². The highest BCUT2D eigenvalue weighted by Gasteiger charge is 2.25. The van der Waals surface area contributed by atoms with E-state index in [1.54, 1.807) is 0 Å². The van der Waals surface area contributed by atoms with Crippen molar-refractivity contribution in [3.63, 3.8) is 0 Å². The normalized spacial score (nSPS) is 19.5. The van der Waals surface area contributed by atoms with Gasteiger partial charge in [-0.25, -0.2) is 0 Å². The van der Waals surface area contributed by atoms with Crippen molar-refractivity contribution in [1.29, 1.82) is 0 Å². The minimum Gasteiger partial charge on any atom is -0.370 e. The summed E-state index contributed by atoms with van der Waals surface area (Å²) in [4.78, 5) is 25.5. The minimum absolute atomic E-state index is 0.0156. The van der Waals surface area contributed by atoms with Gasteiger partial charge in [0, 0.05) is 44.2 Å². The quantitative estimate of drug-likeness (QED) is 0.855. The van der Waals surface area contributed by atoms with Gasteiger partial charge in [-0.3, -0.25) is 9.59 Å². The summed E-state index contributed by atoms with van der Waals surface area (Å²) in [6, 6.07) is 10.3. The second-order valence-electron chi connectivity index (χ2n) is 5.58. The van der Waals surface area contributed by atoms with Gasteiger partial charge in [0.25, 0.3) is 0 Å². The second-order valence-corrected chi connectivity index (χ2v) is 5.58. The number of rotatable bonds is 5. The van der Waals surface area contributed by atoms with Crippen LogP contribution in [0, 0.1) is 5.92 Å². The molecule has 114 valence electrons. The van der Waals surface area contributed by atoms with Gasteiger partial charge in [-0.05, 0) is 25.5 Å². The van der Waals surface area contributed by atoms with Gasteiger partial charge in [0.05, 0.1) is 0 Å². The number of nitrogens with zero attached hydrogens (tertiary/aromatic N) is 1. The van der Waals surface area contributed by atoms with Gasteiger partial charge in [0.2, 0.25) is 11.8 Å². The molecule has 0 saturated carbocycles. The first-order chi connectivity index (χ1) is 10.1. The molecule has 1 fully saturated rings. The van der Waals surface area contributed by atoms with E-state index in [-0.39, 0.29) is 23.8 Å². The van der Waals surface area contributed by atoms with Gasteiger partial charge in [-0.2, -0.15) is 0 Å². The van der Waals surface area contributed by atoms with Gasteiger partial charge in [0.15, 0.2) is 0 Å². The second kappa shape index (κ2) is 7.11. The molecule has 0 bridgehead atoms. The number of carbonyl (C=O) groups is 2. The van der Waals surface area contributed by atoms with Gasteiger partial charge in [-0.1, -0.05) is 18.2 Å². The Morgan fingerprint density at radius 1 is 1.43 bits per heavy atom. The number of hydrogen-bond donors (Lipinski definition) is 2. The molecule has 1 aromatic carbocycles. The van der Waals surface area contributed by atoms with Gasteiger partial charge >= 0.3 is 0 Å². The predicted octanol–water partition coefficient (Wildman–Crippen LogP) is 1.15. The van der Waals surface area contributed by atoms with Crippen LogP contribution in [0.25, 0.3) is 0 Å². The lowest BCUT2D eigenvalue weighted by Crippen LogP contribution is -2.45. The Balaban J connectivity index is 1.82. The fraction of sp³-hybridized carbons (Fsp3) is 0.500. The first-order valence-corrected chi connectivity index (χ1v) is 7.40. The van der Waals surface area contributed by atoms with Crippen molar-refractivity contribution in [2.75, 3.05) is 25.0 Å². The summed E-state index contributed by atoms with van der Waals surface area (Å²) in [6.07, 6.45) is 1.02. The van der Waals surface area contributed by atoms with Crippen molar-refractivity contribution in [3.05, 3.63) is 30.3 Å². The predicted molar refractivity (Wildman–Crippen MR) is 83.1 cm³/mol. The Kier molecular flexibility index (Phi) is 5.20. The number of nitrogens with one attached hydrogen (secondary N) is 2. The van der Waals surface area contributed by atoms with Crippen LogP contribution >= 0.6 is 0 Å². The van der Waals surface area contributed by atoms with E-state index in [1.807, 2.05) is 37.4 Å². The zero-order valence-corrected chi connectivity index (χ0v) is 12.6. The molecule has 1 heterocycles. The number of para-hydroxylation sites is 1. The molecule has 1 aliphatic rings. The van der Waals surface area contributed by atoms with Crippen molar-refractivity contribution < 1.29 is 9.59 Å². The Hall–Kier alpha value is -2.04. The molecule has 0 spiro atoms. The standard InChI is InChI=1S/C16H23N3O2/c1-12(19(2)14-6-4-3-5-7-14)11-18-16(21)13-8-9-17-15(20)10-13/h3-7,12-13H,8-11H2,1-2H3,(H,17,20)(H,18,21)/t12-,13-/m0/s1. The van der Waals surface area contributed by atoms with Crippen LogP contribution in [-0.4, -0.2) is 38.0 Å². The molecule has 0 aromatic heterocycles. The highest BCUT2D eigenvalue weighted by atomic mass is 16.2. The number of benzene rings is 1. The summed E-state index contributed by atoms with van der Waals surface area (Å²) in [6.45, 7) is 3.24. The molecule has 1 aliphatic heterocycles. The molecule has 5 heteroatoms. The van der Waals surface area contributed by atoms with Crippen LogP contribution in [0.3, 0.4) is 0 Å². The first kappa shape index (κ1) is 15.4. The number of likely N-dealkylation sites (N-methyl/N-ethyl adjacent to an activating group) is 1. The zero-order chi connectivity index (χ0) is 15.2. The highest BCUT2D eigenvalue weighted by Crippen LogP contribution is 2.15. The third kappa shape index (κ3) is 4.21. The van der Waals surface area contributed by atoms with Crippen LogP contribution in [0.15, 0.2) is 30.3 Å². The number of hydrogen-bond acceptors (Lipinski definition) is 3. The van der Waals surface area contributed by atoms with E-state index < -0.39 is 0 Å². The Labute approximate surface area is 125 Å². The fourth-order valence-electron chi connectivity index (χ4n) is 2.45. The Morgan fingerprint density at radius 3 is 2.81 bits per heavy atom. The van der Waals surface area contributed by atoms with Crippen molar-refractivity contribution in [1.82, 2.24) is 10.6 Å². The van der Waals surface area contributed by atoms with Gasteiger partial charge in [0.1, 0.15) is 0 Å². The number of carbonyl (C=O) groups excluding carboxylic acids is 2. The molecule has 0 unspecified atom stereocenters. The monoisotopic (exact) mass is 289 g/mol. The molecule has 21 heavy (non-hydrogen) atoms. The number of anilines is 1. The van der Waals surface area contributed by atoms with Gasteiger partial charge < -0.3 is 15.5 Å². The Morgan fingerprint density at radius 2 is 2.14 bits per heavy atom. The maximum Gasteiger partial charge on any atom is 0.223 e. The SMILES string of the molecule is C[C@@H](CNC(=O)[C@H]1CCNC(=O)C1)N(C)c1ccccc1. The van der Waals surface area contributed by atoms with E-state index in [4.69, 9.17) is 0 Å². The van der Waals surface area contributed by atoms with Crippen LogP contribution in [-0.2, 0) is 9.59 Å². The van der Waals surface area contributed by atoms with E-state index in [9.17, 15) is 9.59 Å². The molecule has 5 nitrogen and oxygen atoms in total. The number of amides is 2. The summed E-state index contributed by atoms with van der Waals surface area (Å²) < 4.78 is 0. The molecular weight excluding hydrogens is 266 g/mol. The van der Waals surface area contributed by atoms with E-state index in [0.29, 0.717) is 19.5 Å². The average molecular weight is 289 g/mol. The smallest absolute Gasteiger partial charge is 0.223 e. The maximum absolute atomic E-state index is 12.1. The lowest BCUT2D eigenvalue weighted by molar-refractivity contribution is -0.132. The third-order valence-electron chi connectivity index (χ3n) is 4.01. The first-order valence-electron chi connectivity index (χ1n) is 7.40. The average Bonchev–Trinajstić information content (AvgIpc) is 2.52. The summed E-state index contributed by atoms with van der Waals surface area (Å²) in [5, 5.41) is 5.71. The van der Waals surface area contributed by atoms with Crippen LogP contribution in [0.4, 0.5) is 5.69 Å². The van der Waals surface area contributed by atoms with Crippen LogP contribution in [0.2, 0.25) is 0 Å². The lowest BCUT2D eigenvalue weighted by atomic mass is 9.96. The molecule has 1 aromatic rings. The topological polar surface area (TPSA) is 61.4 Å². The minimum atomic E-state index is -0.187. The highest BCUT2D eigenvalue weighted by molar-refractivity contribution is 5.86. The molecule has 2 amide bonds. The molecule has 2 N–H and O–H groups in total. The molecule has 2 rings (SSSR count). The molecule has 0 radical (unpaired) electrons. The molecular formula is C16H23N3O2. The van der Waals surface area contributed by atoms with Crippen molar-refractivity contribution in [2.24, 2.45) is 5.92 Å². The lowest BCUT2D eigenvalue weighted by Gasteiger charge is -2.28. The maximum atomic E-state index is 12.1. The molecule has 0 aliphatic carbocycles. The van der Waals surface area contributed by atoms with Gasteiger partial charge in [-0.15, -0.1) is 0 Å². The van der Waals surface area contributed by atoms with Crippen molar-refractivity contribution in [3.8, 4) is 0 Å². The van der Waals surface area contributed by atoms with Crippen LogP contribution < -0.4 is 15.5 Å². The van der Waals surface area contributed by atoms with Crippen LogP contribution in [0.5, 0.6) is 0 Å². The van der Waals surface area contributed by atoms with E-state index in [0.717, 1.165) is 12.1 Å². The third-order valence-corrected chi connectivity index (χ3v) is 4.01. The summed E-state index contributed by atoms with van der Waals surface area (Å²) in [5.41, 5.74) is 1.12.